The Hall–Kier alpha value is -1.57. The van der Waals surface area contributed by atoms with E-state index >= 15 is 0 Å². The Morgan fingerprint density at radius 2 is 1.93 bits per heavy atom. The number of hydrogen-bond donors (Lipinski definition) is 1. The Balaban J connectivity index is 2.56. The van der Waals surface area contributed by atoms with Gasteiger partial charge in [-0.15, -0.1) is 0 Å². The molecular weight excluding hydrogens is 176 g/mol. The summed E-state index contributed by atoms with van der Waals surface area (Å²) in [4.78, 5) is 10.4. The third-order valence-corrected chi connectivity index (χ3v) is 1.98. The quantitative estimate of drug-likeness (QED) is 0.741. The maximum absolute atomic E-state index is 10.4. The van der Waals surface area contributed by atoms with Gasteiger partial charge in [0, 0.05) is 0 Å². The second-order valence-electron chi connectivity index (χ2n) is 3.48. The zero-order valence-electron chi connectivity index (χ0n) is 8.29. The molecule has 2 heteroatoms. The van der Waals surface area contributed by atoms with Crippen molar-refractivity contribution in [3.63, 3.8) is 0 Å². The van der Waals surface area contributed by atoms with E-state index in [4.69, 9.17) is 5.11 Å². The molecule has 1 rings (SSSR count). The fourth-order valence-corrected chi connectivity index (χ4v) is 1.27. The summed E-state index contributed by atoms with van der Waals surface area (Å²) < 4.78 is 0. The van der Waals surface area contributed by atoms with Gasteiger partial charge in [0.05, 0.1) is 6.42 Å². The van der Waals surface area contributed by atoms with Crippen molar-refractivity contribution in [3.8, 4) is 0 Å². The number of carbonyl (C=O) groups is 1. The van der Waals surface area contributed by atoms with Crippen molar-refractivity contribution < 1.29 is 9.90 Å². The van der Waals surface area contributed by atoms with Gasteiger partial charge in [-0.3, -0.25) is 4.79 Å². The summed E-state index contributed by atoms with van der Waals surface area (Å²) in [5, 5.41) is 8.55. The molecule has 0 saturated heterocycles. The van der Waals surface area contributed by atoms with Crippen LogP contribution >= 0.6 is 0 Å². The monoisotopic (exact) mass is 190 g/mol. The highest BCUT2D eigenvalue weighted by Crippen LogP contribution is 2.10. The van der Waals surface area contributed by atoms with Crippen molar-refractivity contribution in [2.75, 3.05) is 0 Å². The summed E-state index contributed by atoms with van der Waals surface area (Å²) in [5.74, 6) is -0.817. The standard InChI is InChI=1S/C12H14O2/c1-9-3-5-11(6-4-9)7-10(2)8-12(13)14/h3-6H,2,7-8H2,1H3,(H,13,14). The van der Waals surface area contributed by atoms with Crippen LogP contribution in [-0.2, 0) is 11.2 Å². The maximum atomic E-state index is 10.4. The van der Waals surface area contributed by atoms with E-state index in [-0.39, 0.29) is 6.42 Å². The fraction of sp³-hybridized carbons (Fsp3) is 0.250. The average molecular weight is 190 g/mol. The van der Waals surface area contributed by atoms with Crippen molar-refractivity contribution in [2.45, 2.75) is 19.8 Å². The smallest absolute Gasteiger partial charge is 0.307 e. The number of aryl methyl sites for hydroxylation is 1. The van der Waals surface area contributed by atoms with E-state index in [1.54, 1.807) is 0 Å². The van der Waals surface area contributed by atoms with Crippen molar-refractivity contribution >= 4 is 5.97 Å². The average Bonchev–Trinajstić information content (AvgIpc) is 2.07. The minimum Gasteiger partial charge on any atom is -0.481 e. The zero-order valence-corrected chi connectivity index (χ0v) is 8.29. The largest absolute Gasteiger partial charge is 0.481 e. The van der Waals surface area contributed by atoms with Gasteiger partial charge in [-0.25, -0.2) is 0 Å². The molecule has 0 spiro atoms. The van der Waals surface area contributed by atoms with Gasteiger partial charge in [0.25, 0.3) is 0 Å². The van der Waals surface area contributed by atoms with Crippen LogP contribution in [0, 0.1) is 6.92 Å². The highest BCUT2D eigenvalue weighted by Gasteiger charge is 2.02. The Morgan fingerprint density at radius 3 is 2.43 bits per heavy atom. The lowest BCUT2D eigenvalue weighted by atomic mass is 10.0. The molecule has 1 aromatic carbocycles. The molecule has 2 nitrogen and oxygen atoms in total. The minimum absolute atomic E-state index is 0.0495. The lowest BCUT2D eigenvalue weighted by molar-refractivity contribution is -0.136. The van der Waals surface area contributed by atoms with E-state index in [9.17, 15) is 4.79 Å². The van der Waals surface area contributed by atoms with Crippen molar-refractivity contribution in [1.82, 2.24) is 0 Å². The number of rotatable bonds is 4. The summed E-state index contributed by atoms with van der Waals surface area (Å²) in [6, 6.07) is 8.04. The predicted molar refractivity (Wildman–Crippen MR) is 56.3 cm³/mol. The second kappa shape index (κ2) is 4.61. The van der Waals surface area contributed by atoms with Crippen LogP contribution in [0.2, 0.25) is 0 Å². The van der Waals surface area contributed by atoms with Crippen LogP contribution in [0.25, 0.3) is 0 Å². The van der Waals surface area contributed by atoms with Gasteiger partial charge >= 0.3 is 5.97 Å². The first kappa shape index (κ1) is 10.5. The number of carboxylic acid groups (broad SMARTS) is 1. The van der Waals surface area contributed by atoms with Gasteiger partial charge in [0.2, 0.25) is 0 Å². The topological polar surface area (TPSA) is 37.3 Å². The predicted octanol–water partition coefficient (Wildman–Crippen LogP) is 2.57. The third-order valence-electron chi connectivity index (χ3n) is 1.98. The molecule has 0 fully saturated rings. The molecular formula is C12H14O2. The Morgan fingerprint density at radius 1 is 1.36 bits per heavy atom. The molecule has 1 N–H and O–H groups in total. The summed E-state index contributed by atoms with van der Waals surface area (Å²) >= 11 is 0. The van der Waals surface area contributed by atoms with Crippen LogP contribution < -0.4 is 0 Å². The van der Waals surface area contributed by atoms with Crippen LogP contribution in [-0.4, -0.2) is 11.1 Å². The Kier molecular flexibility index (Phi) is 3.46. The van der Waals surface area contributed by atoms with Crippen LogP contribution in [0.3, 0.4) is 0 Å². The molecule has 0 aliphatic rings. The molecule has 14 heavy (non-hydrogen) atoms. The zero-order chi connectivity index (χ0) is 10.6. The minimum atomic E-state index is -0.817. The van der Waals surface area contributed by atoms with Crippen molar-refractivity contribution in [1.29, 1.82) is 0 Å². The molecule has 0 bridgehead atoms. The van der Waals surface area contributed by atoms with E-state index in [1.165, 1.54) is 5.56 Å². The van der Waals surface area contributed by atoms with Gasteiger partial charge < -0.3 is 5.11 Å². The molecule has 0 aliphatic heterocycles. The molecule has 74 valence electrons. The highest BCUT2D eigenvalue weighted by atomic mass is 16.4. The first-order valence-corrected chi connectivity index (χ1v) is 4.52. The van der Waals surface area contributed by atoms with Crippen LogP contribution in [0.4, 0.5) is 0 Å². The summed E-state index contributed by atoms with van der Waals surface area (Å²) in [6.07, 6.45) is 0.695. The molecule has 1 aromatic rings. The van der Waals surface area contributed by atoms with Crippen LogP contribution in [0.5, 0.6) is 0 Å². The lowest BCUT2D eigenvalue weighted by Gasteiger charge is -2.03. The van der Waals surface area contributed by atoms with E-state index in [0.717, 1.165) is 11.1 Å². The molecule has 0 atom stereocenters. The van der Waals surface area contributed by atoms with Gasteiger partial charge in [-0.05, 0) is 18.9 Å². The van der Waals surface area contributed by atoms with E-state index in [0.29, 0.717) is 6.42 Å². The SMILES string of the molecule is C=C(CC(=O)O)Cc1ccc(C)cc1. The van der Waals surface area contributed by atoms with E-state index in [1.807, 2.05) is 31.2 Å². The lowest BCUT2D eigenvalue weighted by Crippen LogP contribution is -1.99. The maximum Gasteiger partial charge on any atom is 0.307 e. The van der Waals surface area contributed by atoms with Crippen molar-refractivity contribution in [2.24, 2.45) is 0 Å². The van der Waals surface area contributed by atoms with E-state index in [2.05, 4.69) is 6.58 Å². The summed E-state index contributed by atoms with van der Waals surface area (Å²) in [7, 11) is 0. The Bertz CT molecular complexity index is 336. The van der Waals surface area contributed by atoms with Crippen LogP contribution in [0.15, 0.2) is 36.4 Å². The summed E-state index contributed by atoms with van der Waals surface area (Å²) in [5.41, 5.74) is 3.06. The second-order valence-corrected chi connectivity index (χ2v) is 3.48. The Labute approximate surface area is 83.9 Å². The molecule has 0 aromatic heterocycles. The van der Waals surface area contributed by atoms with Gasteiger partial charge in [0.15, 0.2) is 0 Å². The molecule has 0 unspecified atom stereocenters. The molecule has 0 amide bonds. The van der Waals surface area contributed by atoms with Crippen molar-refractivity contribution in [3.05, 3.63) is 47.5 Å². The van der Waals surface area contributed by atoms with Gasteiger partial charge in [-0.2, -0.15) is 0 Å². The molecule has 0 heterocycles. The molecule has 0 saturated carbocycles. The first-order chi connectivity index (χ1) is 6.58. The molecule has 0 radical (unpaired) electrons. The molecule has 0 aliphatic carbocycles. The third kappa shape index (κ3) is 3.44. The van der Waals surface area contributed by atoms with Gasteiger partial charge in [-0.1, -0.05) is 42.0 Å². The number of carboxylic acids is 1. The number of benzene rings is 1. The number of aliphatic carboxylic acids is 1. The first-order valence-electron chi connectivity index (χ1n) is 4.52. The normalized spacial score (nSPS) is 9.79. The highest BCUT2D eigenvalue weighted by molar-refractivity contribution is 5.69. The van der Waals surface area contributed by atoms with Gasteiger partial charge in [0.1, 0.15) is 0 Å². The fourth-order valence-electron chi connectivity index (χ4n) is 1.27. The van der Waals surface area contributed by atoms with E-state index < -0.39 is 5.97 Å². The van der Waals surface area contributed by atoms with Crippen LogP contribution in [0.1, 0.15) is 17.5 Å². The summed E-state index contributed by atoms with van der Waals surface area (Å²) in [6.45, 7) is 5.76. The number of hydrogen-bond acceptors (Lipinski definition) is 1.